The summed E-state index contributed by atoms with van der Waals surface area (Å²) in [7, 11) is 0. The molecule has 0 N–H and O–H groups in total. The number of carbonyl (C=O) groups excluding carboxylic acids is 2. The molecule has 0 saturated carbocycles. The monoisotopic (exact) mass is 418 g/mol. The minimum absolute atomic E-state index is 0.238. The van der Waals surface area contributed by atoms with Gasteiger partial charge in [-0.2, -0.15) is 0 Å². The van der Waals surface area contributed by atoms with Gasteiger partial charge in [0, 0.05) is 13.1 Å². The molecule has 0 aliphatic carbocycles. The lowest BCUT2D eigenvalue weighted by Gasteiger charge is -2.33. The van der Waals surface area contributed by atoms with Gasteiger partial charge in [-0.05, 0) is 74.9 Å². The molecule has 5 nitrogen and oxygen atoms in total. The number of amides is 2. The van der Waals surface area contributed by atoms with E-state index >= 15 is 0 Å². The average molecular weight is 419 g/mol. The molecule has 1 atom stereocenters. The Morgan fingerprint density at radius 2 is 1.77 bits per heavy atom. The number of rotatable bonds is 5. The van der Waals surface area contributed by atoms with Crippen molar-refractivity contribution in [1.82, 2.24) is 4.90 Å². The second kappa shape index (κ2) is 8.58. The highest BCUT2D eigenvalue weighted by atomic mass is 16.5. The number of hydrogen-bond acceptors (Lipinski definition) is 4. The largest absolute Gasteiger partial charge is 0.494 e. The number of hydrogen-bond donors (Lipinski definition) is 0. The van der Waals surface area contributed by atoms with Crippen molar-refractivity contribution in [2.24, 2.45) is 5.92 Å². The first-order valence-corrected chi connectivity index (χ1v) is 11.1. The fourth-order valence-corrected chi connectivity index (χ4v) is 4.63. The standard InChI is InChI=1S/C26H30N2O3/c1-5-31-21-11-9-20(10-12-21)28-25(29)23(22-13-8-17(2)15-19(22)4)24(26(28)30)27-14-6-7-18(3)16-27/h8-13,15,18H,5-7,14,16H2,1-4H3. The van der Waals surface area contributed by atoms with Gasteiger partial charge >= 0.3 is 0 Å². The van der Waals surface area contributed by atoms with Crippen LogP contribution in [0.2, 0.25) is 0 Å². The van der Waals surface area contributed by atoms with E-state index < -0.39 is 0 Å². The molecule has 162 valence electrons. The van der Waals surface area contributed by atoms with Gasteiger partial charge < -0.3 is 9.64 Å². The summed E-state index contributed by atoms with van der Waals surface area (Å²) in [6.07, 6.45) is 2.17. The second-order valence-corrected chi connectivity index (χ2v) is 8.61. The number of nitrogens with zero attached hydrogens (tertiary/aromatic N) is 2. The molecule has 2 aliphatic rings. The molecule has 1 unspecified atom stereocenters. The van der Waals surface area contributed by atoms with Crippen LogP contribution in [0.1, 0.15) is 43.4 Å². The molecule has 1 fully saturated rings. The predicted molar refractivity (Wildman–Crippen MR) is 123 cm³/mol. The van der Waals surface area contributed by atoms with Crippen molar-refractivity contribution in [3.05, 3.63) is 64.9 Å². The Labute approximate surface area is 184 Å². The van der Waals surface area contributed by atoms with Crippen molar-refractivity contribution in [3.63, 3.8) is 0 Å². The number of likely N-dealkylation sites (tertiary alicyclic amines) is 1. The molecule has 2 aliphatic heterocycles. The van der Waals surface area contributed by atoms with E-state index in [1.165, 1.54) is 4.90 Å². The van der Waals surface area contributed by atoms with E-state index in [4.69, 9.17) is 4.74 Å². The van der Waals surface area contributed by atoms with Gasteiger partial charge in [-0.1, -0.05) is 30.7 Å². The quantitative estimate of drug-likeness (QED) is 0.660. The molecule has 5 heteroatoms. The molecule has 0 spiro atoms. The molecule has 2 aromatic carbocycles. The average Bonchev–Trinajstić information content (AvgIpc) is 2.99. The normalized spacial score (nSPS) is 19.4. The van der Waals surface area contributed by atoms with Crippen molar-refractivity contribution in [2.45, 2.75) is 40.5 Å². The van der Waals surface area contributed by atoms with E-state index in [0.29, 0.717) is 29.5 Å². The first-order chi connectivity index (χ1) is 14.9. The smallest absolute Gasteiger partial charge is 0.282 e. The van der Waals surface area contributed by atoms with E-state index in [-0.39, 0.29) is 11.8 Å². The van der Waals surface area contributed by atoms with Gasteiger partial charge in [0.15, 0.2) is 0 Å². The number of imide groups is 1. The molecule has 2 amide bonds. The van der Waals surface area contributed by atoms with Crippen molar-refractivity contribution in [2.75, 3.05) is 24.6 Å². The molecule has 0 radical (unpaired) electrons. The van der Waals surface area contributed by atoms with Crippen LogP contribution >= 0.6 is 0 Å². The van der Waals surface area contributed by atoms with Crippen LogP contribution in [0.25, 0.3) is 5.57 Å². The van der Waals surface area contributed by atoms with E-state index in [0.717, 1.165) is 48.4 Å². The van der Waals surface area contributed by atoms with Crippen molar-refractivity contribution in [1.29, 1.82) is 0 Å². The Kier molecular flexibility index (Phi) is 5.86. The van der Waals surface area contributed by atoms with E-state index in [2.05, 4.69) is 17.9 Å². The van der Waals surface area contributed by atoms with Crippen LogP contribution in [0.5, 0.6) is 5.75 Å². The van der Waals surface area contributed by atoms with Gasteiger partial charge in [-0.15, -0.1) is 0 Å². The van der Waals surface area contributed by atoms with E-state index in [1.54, 1.807) is 24.3 Å². The Bertz CT molecular complexity index is 1040. The molecule has 2 heterocycles. The highest BCUT2D eigenvalue weighted by Crippen LogP contribution is 2.38. The molecule has 0 aromatic heterocycles. The Morgan fingerprint density at radius 3 is 2.42 bits per heavy atom. The minimum Gasteiger partial charge on any atom is -0.494 e. The Morgan fingerprint density at radius 1 is 1.03 bits per heavy atom. The van der Waals surface area contributed by atoms with Gasteiger partial charge in [0.05, 0.1) is 17.9 Å². The SMILES string of the molecule is CCOc1ccc(N2C(=O)C(c3ccc(C)cc3C)=C(N3CCCC(C)C3)C2=O)cc1. The predicted octanol–water partition coefficient (Wildman–Crippen LogP) is 4.72. The van der Waals surface area contributed by atoms with Gasteiger partial charge in [0.25, 0.3) is 11.8 Å². The summed E-state index contributed by atoms with van der Waals surface area (Å²) in [6, 6.07) is 13.2. The van der Waals surface area contributed by atoms with Gasteiger partial charge in [0.2, 0.25) is 0 Å². The zero-order valence-corrected chi connectivity index (χ0v) is 18.8. The lowest BCUT2D eigenvalue weighted by atomic mass is 9.95. The first kappa shape index (κ1) is 21.2. The van der Waals surface area contributed by atoms with Crippen LogP contribution < -0.4 is 9.64 Å². The fourth-order valence-electron chi connectivity index (χ4n) is 4.63. The summed E-state index contributed by atoms with van der Waals surface area (Å²) >= 11 is 0. The highest BCUT2D eigenvalue weighted by molar-refractivity contribution is 6.45. The minimum atomic E-state index is -0.255. The number of ether oxygens (including phenoxy) is 1. The number of anilines is 1. The third-order valence-corrected chi connectivity index (χ3v) is 6.09. The summed E-state index contributed by atoms with van der Waals surface area (Å²) in [5, 5.41) is 0. The second-order valence-electron chi connectivity index (χ2n) is 8.61. The zero-order chi connectivity index (χ0) is 22.1. The Hall–Kier alpha value is -3.08. The van der Waals surface area contributed by atoms with Crippen LogP contribution in [-0.2, 0) is 9.59 Å². The summed E-state index contributed by atoms with van der Waals surface area (Å²) in [6.45, 7) is 10.3. The summed E-state index contributed by atoms with van der Waals surface area (Å²) in [5.74, 6) is 0.717. The van der Waals surface area contributed by atoms with Crippen LogP contribution in [0, 0.1) is 19.8 Å². The summed E-state index contributed by atoms with van der Waals surface area (Å²) in [4.78, 5) is 30.8. The molecule has 31 heavy (non-hydrogen) atoms. The fraction of sp³-hybridized carbons (Fsp3) is 0.385. The van der Waals surface area contributed by atoms with E-state index in [1.807, 2.05) is 32.9 Å². The third kappa shape index (κ3) is 3.97. The summed E-state index contributed by atoms with van der Waals surface area (Å²) < 4.78 is 5.52. The molecule has 2 aromatic rings. The van der Waals surface area contributed by atoms with Crippen LogP contribution in [-0.4, -0.2) is 36.4 Å². The topological polar surface area (TPSA) is 49.9 Å². The molecule has 4 rings (SSSR count). The van der Waals surface area contributed by atoms with Crippen molar-refractivity contribution < 1.29 is 14.3 Å². The lowest BCUT2D eigenvalue weighted by Crippen LogP contribution is -2.39. The van der Waals surface area contributed by atoms with Crippen molar-refractivity contribution >= 4 is 23.1 Å². The molecule has 0 bridgehead atoms. The number of aryl methyl sites for hydroxylation is 2. The summed E-state index contributed by atoms with van der Waals surface area (Å²) in [5.41, 5.74) is 4.61. The van der Waals surface area contributed by atoms with Gasteiger partial charge in [-0.25, -0.2) is 4.90 Å². The van der Waals surface area contributed by atoms with Crippen LogP contribution in [0.3, 0.4) is 0 Å². The van der Waals surface area contributed by atoms with Gasteiger partial charge in [-0.3, -0.25) is 9.59 Å². The molecular weight excluding hydrogens is 388 g/mol. The lowest BCUT2D eigenvalue weighted by molar-refractivity contribution is -0.120. The van der Waals surface area contributed by atoms with Crippen molar-refractivity contribution in [3.8, 4) is 5.75 Å². The number of piperidine rings is 1. The highest BCUT2D eigenvalue weighted by Gasteiger charge is 2.43. The van der Waals surface area contributed by atoms with Crippen LogP contribution in [0.4, 0.5) is 5.69 Å². The van der Waals surface area contributed by atoms with Crippen LogP contribution in [0.15, 0.2) is 48.2 Å². The molecule has 1 saturated heterocycles. The maximum absolute atomic E-state index is 13.7. The maximum Gasteiger partial charge on any atom is 0.282 e. The maximum atomic E-state index is 13.7. The van der Waals surface area contributed by atoms with E-state index in [9.17, 15) is 9.59 Å². The molecular formula is C26H30N2O3. The zero-order valence-electron chi connectivity index (χ0n) is 18.8. The number of benzene rings is 2. The Balaban J connectivity index is 1.80. The van der Waals surface area contributed by atoms with Gasteiger partial charge in [0.1, 0.15) is 11.4 Å². The first-order valence-electron chi connectivity index (χ1n) is 11.1. The third-order valence-electron chi connectivity index (χ3n) is 6.09. The number of carbonyl (C=O) groups is 2.